The molecule has 0 radical (unpaired) electrons. The summed E-state index contributed by atoms with van der Waals surface area (Å²) in [7, 11) is -3.98. The Balaban J connectivity index is 2.41. The van der Waals surface area contributed by atoms with Crippen LogP contribution in [0.5, 0.6) is 0 Å². The number of hydrogen-bond donors (Lipinski definition) is 2. The Morgan fingerprint density at radius 1 is 1.20 bits per heavy atom. The molecule has 0 spiro atoms. The third-order valence-electron chi connectivity index (χ3n) is 2.42. The van der Waals surface area contributed by atoms with Gasteiger partial charge in [0.1, 0.15) is 10.7 Å². The maximum Gasteiger partial charge on any atom is 0.263 e. The van der Waals surface area contributed by atoms with Crippen molar-refractivity contribution in [3.63, 3.8) is 0 Å². The van der Waals surface area contributed by atoms with Gasteiger partial charge in [0.05, 0.1) is 10.7 Å². The van der Waals surface area contributed by atoms with Crippen LogP contribution >= 0.6 is 27.5 Å². The lowest BCUT2D eigenvalue weighted by Crippen LogP contribution is -2.14. The number of nitrogens with one attached hydrogen (secondary N) is 1. The van der Waals surface area contributed by atoms with Crippen LogP contribution in [0.15, 0.2) is 45.8 Å². The number of sulfonamides is 1. The van der Waals surface area contributed by atoms with Crippen LogP contribution in [-0.2, 0) is 10.0 Å². The first-order valence-electron chi connectivity index (χ1n) is 5.32. The van der Waals surface area contributed by atoms with E-state index >= 15 is 0 Å². The van der Waals surface area contributed by atoms with Crippen LogP contribution in [0, 0.1) is 5.82 Å². The van der Waals surface area contributed by atoms with Crippen molar-refractivity contribution >= 4 is 48.9 Å². The summed E-state index contributed by atoms with van der Waals surface area (Å²) >= 11 is 9.06. The summed E-state index contributed by atoms with van der Waals surface area (Å²) in [5.74, 6) is -0.762. The summed E-state index contributed by atoms with van der Waals surface area (Å²) in [6, 6.07) is 7.96. The predicted octanol–water partition coefficient (Wildman–Crippen LogP) is 3.62. The zero-order chi connectivity index (χ0) is 14.9. The second kappa shape index (κ2) is 5.59. The third-order valence-corrected chi connectivity index (χ3v) is 4.76. The van der Waals surface area contributed by atoms with Gasteiger partial charge in [0.25, 0.3) is 10.0 Å². The van der Waals surface area contributed by atoms with E-state index in [1.165, 1.54) is 30.3 Å². The average molecular weight is 380 g/mol. The van der Waals surface area contributed by atoms with Crippen LogP contribution in [-0.4, -0.2) is 8.42 Å². The maximum absolute atomic E-state index is 13.6. The molecule has 0 aliphatic carbocycles. The highest BCUT2D eigenvalue weighted by molar-refractivity contribution is 9.10. The van der Waals surface area contributed by atoms with Crippen LogP contribution in [0.25, 0.3) is 0 Å². The molecule has 0 aliphatic rings. The largest absolute Gasteiger partial charge is 0.399 e. The number of hydrogen-bond acceptors (Lipinski definition) is 3. The fourth-order valence-electron chi connectivity index (χ4n) is 1.51. The van der Waals surface area contributed by atoms with Gasteiger partial charge in [-0.1, -0.05) is 27.5 Å². The molecule has 0 saturated carbocycles. The smallest absolute Gasteiger partial charge is 0.263 e. The van der Waals surface area contributed by atoms with E-state index in [0.717, 1.165) is 6.07 Å². The van der Waals surface area contributed by atoms with E-state index in [-0.39, 0.29) is 21.3 Å². The van der Waals surface area contributed by atoms with E-state index in [1.54, 1.807) is 0 Å². The Labute approximate surface area is 128 Å². The van der Waals surface area contributed by atoms with E-state index in [4.69, 9.17) is 17.3 Å². The van der Waals surface area contributed by atoms with Crippen LogP contribution in [0.3, 0.4) is 0 Å². The van der Waals surface area contributed by atoms with Gasteiger partial charge in [0.15, 0.2) is 0 Å². The topological polar surface area (TPSA) is 72.2 Å². The molecule has 0 amide bonds. The fraction of sp³-hybridized carbons (Fsp3) is 0. The molecular weight excluding hydrogens is 371 g/mol. The molecule has 0 unspecified atom stereocenters. The molecule has 3 N–H and O–H groups in total. The first-order valence-corrected chi connectivity index (χ1v) is 7.98. The molecule has 8 heteroatoms. The standard InChI is InChI=1S/C12H9BrClFN2O2S/c13-7-1-4-12(9(14)5-7)20(18,19)17-11-3-2-8(16)6-10(11)15/h1-6,17H,16H2. The van der Waals surface area contributed by atoms with Crippen LogP contribution < -0.4 is 10.5 Å². The summed E-state index contributed by atoms with van der Waals surface area (Å²) in [6.07, 6.45) is 0. The van der Waals surface area contributed by atoms with E-state index in [2.05, 4.69) is 20.7 Å². The SMILES string of the molecule is Nc1ccc(NS(=O)(=O)c2ccc(Br)cc2Cl)c(F)c1. The predicted molar refractivity (Wildman–Crippen MR) is 80.8 cm³/mol. The summed E-state index contributed by atoms with van der Waals surface area (Å²) < 4.78 is 40.7. The molecule has 0 aliphatic heterocycles. The van der Waals surface area contributed by atoms with Gasteiger partial charge in [-0.05, 0) is 36.4 Å². The van der Waals surface area contributed by atoms with Crippen LogP contribution in [0.4, 0.5) is 15.8 Å². The second-order valence-electron chi connectivity index (χ2n) is 3.92. The molecule has 4 nitrogen and oxygen atoms in total. The number of anilines is 2. The lowest BCUT2D eigenvalue weighted by molar-refractivity contribution is 0.598. The Bertz CT molecular complexity index is 768. The summed E-state index contributed by atoms with van der Waals surface area (Å²) in [4.78, 5) is -0.140. The number of halogens is 3. The zero-order valence-corrected chi connectivity index (χ0v) is 13.1. The molecule has 0 fully saturated rings. The monoisotopic (exact) mass is 378 g/mol. The Kier molecular flexibility index (Phi) is 4.22. The molecule has 2 rings (SSSR count). The average Bonchev–Trinajstić information content (AvgIpc) is 2.32. The number of nitrogen functional groups attached to an aromatic ring is 1. The van der Waals surface area contributed by atoms with Gasteiger partial charge in [-0.2, -0.15) is 0 Å². The van der Waals surface area contributed by atoms with Crippen molar-refractivity contribution in [2.45, 2.75) is 4.90 Å². The van der Waals surface area contributed by atoms with E-state index in [1.807, 2.05) is 0 Å². The molecule has 106 valence electrons. The molecule has 0 atom stereocenters. The van der Waals surface area contributed by atoms with Crippen molar-refractivity contribution in [3.05, 3.63) is 51.7 Å². The van der Waals surface area contributed by atoms with Gasteiger partial charge in [0.2, 0.25) is 0 Å². The Hall–Kier alpha value is -1.31. The van der Waals surface area contributed by atoms with Crippen molar-refractivity contribution in [3.8, 4) is 0 Å². The molecular formula is C12H9BrClFN2O2S. The molecule has 0 aromatic heterocycles. The zero-order valence-electron chi connectivity index (χ0n) is 9.90. The fourth-order valence-corrected chi connectivity index (χ4v) is 3.61. The maximum atomic E-state index is 13.6. The lowest BCUT2D eigenvalue weighted by atomic mass is 10.3. The molecule has 2 aromatic rings. The molecule has 20 heavy (non-hydrogen) atoms. The highest BCUT2D eigenvalue weighted by Crippen LogP contribution is 2.28. The first-order chi connectivity index (χ1) is 9.29. The highest BCUT2D eigenvalue weighted by Gasteiger charge is 2.19. The molecule has 0 saturated heterocycles. The first kappa shape index (κ1) is 15.1. The summed E-state index contributed by atoms with van der Waals surface area (Å²) in [6.45, 7) is 0. The minimum absolute atomic E-state index is 0.0303. The third kappa shape index (κ3) is 3.23. The van der Waals surface area contributed by atoms with E-state index < -0.39 is 15.8 Å². The van der Waals surface area contributed by atoms with Gasteiger partial charge in [0, 0.05) is 10.2 Å². The van der Waals surface area contributed by atoms with Gasteiger partial charge in [-0.25, -0.2) is 12.8 Å². The Morgan fingerprint density at radius 2 is 1.90 bits per heavy atom. The number of benzene rings is 2. The molecule has 0 heterocycles. The van der Waals surface area contributed by atoms with Crippen molar-refractivity contribution in [2.75, 3.05) is 10.5 Å². The quantitative estimate of drug-likeness (QED) is 0.800. The van der Waals surface area contributed by atoms with Crippen molar-refractivity contribution < 1.29 is 12.8 Å². The van der Waals surface area contributed by atoms with Crippen molar-refractivity contribution in [1.82, 2.24) is 0 Å². The minimum Gasteiger partial charge on any atom is -0.399 e. The number of nitrogens with two attached hydrogens (primary N) is 1. The second-order valence-corrected chi connectivity index (χ2v) is 6.89. The van der Waals surface area contributed by atoms with Gasteiger partial charge >= 0.3 is 0 Å². The van der Waals surface area contributed by atoms with Crippen LogP contribution in [0.1, 0.15) is 0 Å². The Morgan fingerprint density at radius 3 is 2.50 bits per heavy atom. The molecule has 0 bridgehead atoms. The van der Waals surface area contributed by atoms with Crippen molar-refractivity contribution in [2.24, 2.45) is 0 Å². The lowest BCUT2D eigenvalue weighted by Gasteiger charge is -2.10. The molecule has 2 aromatic carbocycles. The minimum atomic E-state index is -3.98. The summed E-state index contributed by atoms with van der Waals surface area (Å²) in [5, 5.41) is 0.0303. The van der Waals surface area contributed by atoms with Crippen molar-refractivity contribution in [1.29, 1.82) is 0 Å². The number of rotatable bonds is 3. The van der Waals surface area contributed by atoms with Crippen LogP contribution in [0.2, 0.25) is 5.02 Å². The summed E-state index contributed by atoms with van der Waals surface area (Å²) in [5.41, 5.74) is 5.40. The van der Waals surface area contributed by atoms with E-state index in [9.17, 15) is 12.8 Å². The van der Waals surface area contributed by atoms with Gasteiger partial charge in [-0.3, -0.25) is 4.72 Å². The van der Waals surface area contributed by atoms with Gasteiger partial charge in [-0.15, -0.1) is 0 Å². The van der Waals surface area contributed by atoms with E-state index in [0.29, 0.717) is 4.47 Å². The highest BCUT2D eigenvalue weighted by atomic mass is 79.9. The normalized spacial score (nSPS) is 11.3. The van der Waals surface area contributed by atoms with Gasteiger partial charge < -0.3 is 5.73 Å².